The Morgan fingerprint density at radius 3 is 2.70 bits per heavy atom. The topological polar surface area (TPSA) is 59.3 Å². The molecule has 0 spiro atoms. The molecule has 0 N–H and O–H groups in total. The summed E-state index contributed by atoms with van der Waals surface area (Å²) in [6.45, 7) is 0.487. The van der Waals surface area contributed by atoms with E-state index in [9.17, 15) is 22.4 Å². The van der Waals surface area contributed by atoms with E-state index in [4.69, 9.17) is 14.7 Å². The molecular weight excluding hydrogens is 366 g/mol. The third-order valence-electron chi connectivity index (χ3n) is 4.00. The highest BCUT2D eigenvalue weighted by molar-refractivity contribution is 5.91. The second kappa shape index (κ2) is 8.82. The van der Waals surface area contributed by atoms with Gasteiger partial charge in [-0.25, -0.2) is 22.4 Å². The summed E-state index contributed by atoms with van der Waals surface area (Å²) in [6, 6.07) is 3.32. The largest absolute Gasteiger partial charge is 0.423 e. The fourth-order valence-electron chi connectivity index (χ4n) is 2.48. The summed E-state index contributed by atoms with van der Waals surface area (Å²) in [7, 11) is 1.53. The number of nitriles is 1. The van der Waals surface area contributed by atoms with Crippen molar-refractivity contribution in [3.8, 4) is 6.07 Å². The molecule has 1 aliphatic rings. The van der Waals surface area contributed by atoms with Crippen molar-refractivity contribution < 1.29 is 31.8 Å². The van der Waals surface area contributed by atoms with Crippen LogP contribution in [0.15, 0.2) is 36.1 Å². The van der Waals surface area contributed by atoms with Gasteiger partial charge in [-0.05, 0) is 49.1 Å². The Bertz CT molecular complexity index is 816. The summed E-state index contributed by atoms with van der Waals surface area (Å²) >= 11 is 0. The van der Waals surface area contributed by atoms with E-state index >= 15 is 0 Å². The van der Waals surface area contributed by atoms with Gasteiger partial charge in [-0.2, -0.15) is 5.26 Å². The maximum Gasteiger partial charge on any atom is 0.349 e. The van der Waals surface area contributed by atoms with E-state index in [1.165, 1.54) is 13.2 Å². The lowest BCUT2D eigenvalue weighted by atomic mass is 9.96. The van der Waals surface area contributed by atoms with Crippen molar-refractivity contribution >= 4 is 5.97 Å². The molecule has 1 aromatic rings. The molecule has 0 saturated carbocycles. The van der Waals surface area contributed by atoms with Crippen LogP contribution in [0.4, 0.5) is 17.6 Å². The quantitative estimate of drug-likeness (QED) is 0.404. The van der Waals surface area contributed by atoms with Crippen molar-refractivity contribution in [3.63, 3.8) is 0 Å². The first kappa shape index (κ1) is 20.6. The zero-order chi connectivity index (χ0) is 20.0. The fourth-order valence-corrected chi connectivity index (χ4v) is 2.48. The maximum atomic E-state index is 14.5. The fraction of sp³-hybridized carbons (Fsp3) is 0.368. The number of esters is 1. The van der Waals surface area contributed by atoms with Gasteiger partial charge in [0.05, 0.1) is 0 Å². The second-order valence-corrected chi connectivity index (χ2v) is 5.92. The predicted octanol–water partition coefficient (Wildman–Crippen LogP) is 4.11. The molecule has 1 aromatic carbocycles. The predicted molar refractivity (Wildman–Crippen MR) is 88.2 cm³/mol. The van der Waals surface area contributed by atoms with Gasteiger partial charge in [0.25, 0.3) is 0 Å². The molecule has 0 bridgehead atoms. The van der Waals surface area contributed by atoms with Gasteiger partial charge >= 0.3 is 5.97 Å². The Hall–Kier alpha value is -2.66. The molecule has 0 heterocycles. The number of alkyl halides is 2. The van der Waals surface area contributed by atoms with Gasteiger partial charge in [-0.1, -0.05) is 6.07 Å². The van der Waals surface area contributed by atoms with Crippen molar-refractivity contribution in [2.24, 2.45) is 0 Å². The highest BCUT2D eigenvalue weighted by Crippen LogP contribution is 2.29. The van der Waals surface area contributed by atoms with Crippen molar-refractivity contribution in [1.29, 1.82) is 5.26 Å². The van der Waals surface area contributed by atoms with Crippen LogP contribution in [0.5, 0.6) is 0 Å². The molecule has 0 radical (unpaired) electrons. The minimum absolute atomic E-state index is 0.128. The van der Waals surface area contributed by atoms with Crippen LogP contribution in [0.1, 0.15) is 28.8 Å². The maximum absolute atomic E-state index is 14.5. The third kappa shape index (κ3) is 4.74. The first-order valence-corrected chi connectivity index (χ1v) is 8.15. The smallest absolute Gasteiger partial charge is 0.349 e. The lowest BCUT2D eigenvalue weighted by molar-refractivity contribution is 0.0614. The number of carbonyl (C=O) groups excluding carboxylic acids is 1. The van der Waals surface area contributed by atoms with Crippen LogP contribution in [0.25, 0.3) is 0 Å². The number of halogens is 4. The summed E-state index contributed by atoms with van der Waals surface area (Å²) in [5, 5.41) is 8.61. The number of ether oxygens (including phenoxy) is 2. The SMILES string of the molecule is COCCCCc1ccc(F)c(C(=O)OC2=CC(F)C(F)(C#N)C=C2)c1F. The number of rotatable bonds is 7. The standard InChI is InChI=1S/C19H17F4NO3/c1-26-9-3-2-4-12-5-6-14(20)16(17(12)22)18(25)27-13-7-8-19(23,11-24)15(21)10-13/h5-8,10,15H,2-4,9H2,1H3. The number of hydrogen-bond acceptors (Lipinski definition) is 4. The Morgan fingerprint density at radius 1 is 1.33 bits per heavy atom. The summed E-state index contributed by atoms with van der Waals surface area (Å²) in [6.07, 6.45) is 1.11. The Morgan fingerprint density at radius 2 is 2.07 bits per heavy atom. The number of benzene rings is 1. The minimum atomic E-state index is -2.88. The van der Waals surface area contributed by atoms with E-state index in [1.807, 2.05) is 0 Å². The number of aryl methyl sites for hydroxylation is 1. The van der Waals surface area contributed by atoms with Crippen LogP contribution in [0, 0.1) is 23.0 Å². The van der Waals surface area contributed by atoms with Crippen LogP contribution in [0.2, 0.25) is 0 Å². The van der Waals surface area contributed by atoms with Crippen molar-refractivity contribution in [3.05, 3.63) is 58.9 Å². The number of unbranched alkanes of at least 4 members (excludes halogenated alkanes) is 1. The third-order valence-corrected chi connectivity index (χ3v) is 4.00. The highest BCUT2D eigenvalue weighted by Gasteiger charge is 2.39. The molecule has 1 aliphatic carbocycles. The van der Waals surface area contributed by atoms with Crippen molar-refractivity contribution in [1.82, 2.24) is 0 Å². The lowest BCUT2D eigenvalue weighted by Gasteiger charge is -2.20. The molecule has 2 unspecified atom stereocenters. The van der Waals surface area contributed by atoms with Gasteiger partial charge in [0.1, 0.15) is 29.0 Å². The summed E-state index contributed by atoms with van der Waals surface area (Å²) < 4.78 is 65.6. The van der Waals surface area contributed by atoms with E-state index in [1.54, 1.807) is 0 Å². The van der Waals surface area contributed by atoms with Gasteiger partial charge in [0, 0.05) is 13.7 Å². The number of nitrogens with zero attached hydrogens (tertiary/aromatic N) is 1. The molecular formula is C19H17F4NO3. The average molecular weight is 383 g/mol. The molecule has 144 valence electrons. The van der Waals surface area contributed by atoms with E-state index < -0.39 is 40.8 Å². The highest BCUT2D eigenvalue weighted by atomic mass is 19.2. The van der Waals surface area contributed by atoms with Gasteiger partial charge in [-0.3, -0.25) is 0 Å². The minimum Gasteiger partial charge on any atom is -0.423 e. The van der Waals surface area contributed by atoms with E-state index in [2.05, 4.69) is 0 Å². The molecule has 27 heavy (non-hydrogen) atoms. The molecule has 0 saturated heterocycles. The molecule has 8 heteroatoms. The number of allylic oxidation sites excluding steroid dienone is 3. The zero-order valence-corrected chi connectivity index (χ0v) is 14.5. The summed E-state index contributed by atoms with van der Waals surface area (Å²) in [4.78, 5) is 12.1. The second-order valence-electron chi connectivity index (χ2n) is 5.92. The van der Waals surface area contributed by atoms with Gasteiger partial charge < -0.3 is 9.47 Å². The average Bonchev–Trinajstić information content (AvgIpc) is 2.63. The summed E-state index contributed by atoms with van der Waals surface area (Å²) in [5.41, 5.74) is -3.67. The van der Waals surface area contributed by atoms with Gasteiger partial charge in [-0.15, -0.1) is 0 Å². The van der Waals surface area contributed by atoms with E-state index in [0.29, 0.717) is 31.6 Å². The van der Waals surface area contributed by atoms with Crippen LogP contribution in [0.3, 0.4) is 0 Å². The van der Waals surface area contributed by atoms with Crippen molar-refractivity contribution in [2.75, 3.05) is 13.7 Å². The lowest BCUT2D eigenvalue weighted by Crippen LogP contribution is -2.32. The van der Waals surface area contributed by atoms with Crippen LogP contribution in [-0.2, 0) is 15.9 Å². The number of methoxy groups -OCH3 is 1. The molecule has 0 aliphatic heterocycles. The molecule has 2 atom stereocenters. The number of hydrogen-bond donors (Lipinski definition) is 0. The van der Waals surface area contributed by atoms with Gasteiger partial charge in [0.2, 0.25) is 5.67 Å². The van der Waals surface area contributed by atoms with E-state index in [-0.39, 0.29) is 12.0 Å². The molecule has 2 rings (SSSR count). The van der Waals surface area contributed by atoms with Crippen LogP contribution >= 0.6 is 0 Å². The number of carbonyl (C=O) groups is 1. The van der Waals surface area contributed by atoms with Crippen LogP contribution in [-0.4, -0.2) is 31.5 Å². The molecule has 0 aromatic heterocycles. The first-order chi connectivity index (χ1) is 12.8. The zero-order valence-electron chi connectivity index (χ0n) is 14.5. The van der Waals surface area contributed by atoms with E-state index in [0.717, 1.165) is 18.2 Å². The monoisotopic (exact) mass is 383 g/mol. The molecule has 4 nitrogen and oxygen atoms in total. The Labute approximate surface area is 153 Å². The molecule has 0 fully saturated rings. The summed E-state index contributed by atoms with van der Waals surface area (Å²) in [5.74, 6) is -4.02. The Balaban J connectivity index is 2.16. The molecule has 0 amide bonds. The van der Waals surface area contributed by atoms with Gasteiger partial charge in [0.15, 0.2) is 6.17 Å². The van der Waals surface area contributed by atoms with Crippen LogP contribution < -0.4 is 0 Å². The Kier molecular flexibility index (Phi) is 6.75. The first-order valence-electron chi connectivity index (χ1n) is 8.15. The normalized spacial score (nSPS) is 21.5. The van der Waals surface area contributed by atoms with Crippen molar-refractivity contribution in [2.45, 2.75) is 31.1 Å².